The van der Waals surface area contributed by atoms with Gasteiger partial charge in [0.25, 0.3) is 0 Å². The Morgan fingerprint density at radius 3 is 1.35 bits per heavy atom. The lowest BCUT2D eigenvalue weighted by atomic mass is 9.96. The second-order valence-electron chi connectivity index (χ2n) is 26.8. The lowest BCUT2D eigenvalue weighted by Crippen LogP contribution is -2.62. The SMILES string of the molecule is CC[C@H](C)[C@H](NC(=O)[C@H](CCCN=C(N)N)NC(=O)[C@@H](NC(=O)[C@H](CO)NC(=O)[C@H](CCC(N)=O)NC(=O)[C@H](CC(=O)O)NC(=O)CNC(=O)[C@H](CCCN=C(N)N)NC(=O)[C@H](CCSC)NC(=O)[C@@H](NC(=O)[C@H](C)NC(=O)[C@H](C)NC(=O)[C@@H](N)CO)[C@@H](C)O)C(C)C)C(=O)N[C@@H](Cc1ccccc1)C(=O)NCC(=O)NCC(=O)O. The van der Waals surface area contributed by atoms with Crippen LogP contribution < -0.4 is 114 Å². The topological polar surface area (TPSA) is 770 Å². The molecule has 0 bridgehead atoms. The largest absolute Gasteiger partial charge is 0.481 e. The van der Waals surface area contributed by atoms with E-state index in [0.29, 0.717) is 5.56 Å². The van der Waals surface area contributed by atoms with Crippen LogP contribution in [0.1, 0.15) is 112 Å². The highest BCUT2D eigenvalue weighted by Gasteiger charge is 2.39. The minimum absolute atomic E-state index is 0.0150. The number of nitrogens with two attached hydrogens (primary N) is 6. The maximum atomic E-state index is 14.4. The first kappa shape index (κ1) is 101. The number of carbonyl (C=O) groups excluding carboxylic acids is 16. The van der Waals surface area contributed by atoms with E-state index in [1.807, 2.05) is 0 Å². The summed E-state index contributed by atoms with van der Waals surface area (Å²) < 4.78 is 0. The molecule has 46 nitrogen and oxygen atoms in total. The van der Waals surface area contributed by atoms with E-state index in [9.17, 15) is 102 Å². The Bertz CT molecular complexity index is 3550. The summed E-state index contributed by atoms with van der Waals surface area (Å²) in [5.41, 5.74) is 33.4. The predicted molar refractivity (Wildman–Crippen MR) is 413 cm³/mol. The van der Waals surface area contributed by atoms with Crippen LogP contribution in [0, 0.1) is 11.8 Å². The van der Waals surface area contributed by atoms with Gasteiger partial charge in [-0.3, -0.25) is 96.3 Å². The van der Waals surface area contributed by atoms with Crippen molar-refractivity contribution in [3.8, 4) is 0 Å². The Labute approximate surface area is 666 Å². The van der Waals surface area contributed by atoms with E-state index in [4.69, 9.17) is 44.6 Å². The molecule has 0 aliphatic carbocycles. The van der Waals surface area contributed by atoms with Crippen LogP contribution in [0.25, 0.3) is 0 Å². The van der Waals surface area contributed by atoms with Crippen molar-refractivity contribution in [2.24, 2.45) is 56.2 Å². The molecule has 0 heterocycles. The number of carboxylic acid groups (broad SMARTS) is 2. The maximum absolute atomic E-state index is 14.4. The van der Waals surface area contributed by atoms with Gasteiger partial charge in [-0.15, -0.1) is 0 Å². The smallest absolute Gasteiger partial charge is 0.322 e. The molecule has 0 radical (unpaired) electrons. The van der Waals surface area contributed by atoms with Gasteiger partial charge in [0.2, 0.25) is 94.5 Å². The number of nitrogens with zero attached hydrogens (tertiary/aromatic N) is 2. The number of hydrogen-bond donors (Lipinski definition) is 26. The molecular weight excluding hydrogens is 1540 g/mol. The van der Waals surface area contributed by atoms with Crippen LogP contribution in [-0.4, -0.2) is 286 Å². The molecule has 47 heteroatoms. The molecule has 0 spiro atoms. The summed E-state index contributed by atoms with van der Waals surface area (Å²) in [6.07, 6.45) is -2.94. The third-order valence-electron chi connectivity index (χ3n) is 16.9. The minimum Gasteiger partial charge on any atom is -0.481 e. The second-order valence-corrected chi connectivity index (χ2v) is 27.8. The molecule has 1 rings (SSSR count). The molecule has 0 saturated heterocycles. The van der Waals surface area contributed by atoms with E-state index in [1.165, 1.54) is 39.5 Å². The molecular formula is C68H113N23O23S. The van der Waals surface area contributed by atoms with Gasteiger partial charge in [0.15, 0.2) is 11.9 Å². The van der Waals surface area contributed by atoms with Crippen LogP contribution in [0.5, 0.6) is 0 Å². The van der Waals surface area contributed by atoms with E-state index in [1.54, 1.807) is 50.4 Å². The zero-order chi connectivity index (χ0) is 87.4. The standard InChI is InChI=1S/C68H113N23O23S/c1-9-33(4)52(65(113)87-43(25-37-15-11-10-12-16-37)58(106)78-27-47(96)77-29-50(100)101)90-61(109)40(18-14-23-76-68(73)74)85-64(112)51(32(2)3)89-63(111)45(31-93)88-59(107)41(19-20-46(70)95)84-62(110)44(26-49(98)99)82-48(97)28-79-57(105)39(17-13-22-75-67(71)72)83-60(108)42(21-24-115-8)86-66(114)53(36(7)94)91-55(103)35(6)80-54(102)34(5)81-56(104)38(69)30-92/h10-12,15-16,32-36,38-45,51-53,92-94H,9,13-14,17-31,69H2,1-8H3,(H2,70,95)(H,77,96)(H,78,106)(H,79,105)(H,80,102)(H,81,104)(H,82,97)(H,83,108)(H,84,110)(H,85,112)(H,86,114)(H,87,113)(H,88,107)(H,89,111)(H,90,109)(H,91,103)(H,98,99)(H,100,101)(H4,71,72,75)(H4,73,74,76)/t33-,34-,35-,36+,38-,39-,40-,41-,42-,43-,44-,45-,51-,52-,53-/m0/s1. The van der Waals surface area contributed by atoms with Gasteiger partial charge in [0, 0.05) is 25.9 Å². The van der Waals surface area contributed by atoms with Gasteiger partial charge in [-0.1, -0.05) is 64.4 Å². The fourth-order valence-corrected chi connectivity index (χ4v) is 10.7. The number of aliphatic imine (C=N–C) groups is 2. The number of aliphatic hydroxyl groups is 3. The highest BCUT2D eigenvalue weighted by Crippen LogP contribution is 2.14. The number of aliphatic carboxylic acids is 2. The quantitative estimate of drug-likeness (QED) is 0.0164. The molecule has 0 aliphatic rings. The van der Waals surface area contributed by atoms with Gasteiger partial charge in [0.05, 0.1) is 38.8 Å². The van der Waals surface area contributed by atoms with E-state index >= 15 is 0 Å². The average molecular weight is 1650 g/mol. The molecule has 16 amide bonds. The van der Waals surface area contributed by atoms with Crippen molar-refractivity contribution in [1.82, 2.24) is 79.8 Å². The molecule has 0 fully saturated rings. The molecule has 0 unspecified atom stereocenters. The monoisotopic (exact) mass is 1650 g/mol. The van der Waals surface area contributed by atoms with Gasteiger partial charge < -0.3 is 140 Å². The summed E-state index contributed by atoms with van der Waals surface area (Å²) in [4.78, 5) is 248. The van der Waals surface area contributed by atoms with Crippen molar-refractivity contribution in [3.05, 3.63) is 35.9 Å². The lowest BCUT2D eigenvalue weighted by molar-refractivity contribution is -0.141. The van der Waals surface area contributed by atoms with Gasteiger partial charge >= 0.3 is 11.9 Å². The van der Waals surface area contributed by atoms with Gasteiger partial charge in [-0.05, 0) is 88.7 Å². The summed E-state index contributed by atoms with van der Waals surface area (Å²) in [5.74, 6) is -21.8. The van der Waals surface area contributed by atoms with Crippen LogP contribution in [0.4, 0.5) is 0 Å². The number of carbonyl (C=O) groups is 18. The number of thioether (sulfide) groups is 1. The molecule has 15 atom stereocenters. The maximum Gasteiger partial charge on any atom is 0.322 e. The van der Waals surface area contributed by atoms with Crippen LogP contribution >= 0.6 is 11.8 Å². The first-order chi connectivity index (χ1) is 54.0. The third kappa shape index (κ3) is 40.1. The first-order valence-electron chi connectivity index (χ1n) is 36.5. The highest BCUT2D eigenvalue weighted by molar-refractivity contribution is 7.98. The fourth-order valence-electron chi connectivity index (χ4n) is 10.2. The van der Waals surface area contributed by atoms with Crippen LogP contribution in [0.3, 0.4) is 0 Å². The van der Waals surface area contributed by atoms with Crippen molar-refractivity contribution in [3.63, 3.8) is 0 Å². The number of guanidine groups is 2. The molecule has 1 aromatic carbocycles. The number of carboxylic acids is 2. The number of nitrogens with one attached hydrogen (secondary N) is 15. The van der Waals surface area contributed by atoms with Gasteiger partial charge in [-0.2, -0.15) is 11.8 Å². The number of aliphatic hydroxyl groups excluding tert-OH is 3. The second kappa shape index (κ2) is 53.4. The molecule has 32 N–H and O–H groups in total. The van der Waals surface area contributed by atoms with E-state index < -0.39 is 255 Å². The number of hydrogen-bond acceptors (Lipinski definition) is 25. The van der Waals surface area contributed by atoms with Crippen LogP contribution in [0.2, 0.25) is 0 Å². The fraction of sp³-hybridized carbons (Fsp3) is 0.618. The zero-order valence-electron chi connectivity index (χ0n) is 65.2. The van der Waals surface area contributed by atoms with Gasteiger partial charge in [0.1, 0.15) is 85.1 Å². The van der Waals surface area contributed by atoms with Gasteiger partial charge in [-0.25, -0.2) is 0 Å². The molecule has 644 valence electrons. The Hall–Kier alpha value is -11.6. The van der Waals surface area contributed by atoms with E-state index in [-0.39, 0.29) is 75.7 Å². The number of primary amides is 1. The molecule has 0 aromatic heterocycles. The summed E-state index contributed by atoms with van der Waals surface area (Å²) in [6.45, 7) is 5.28. The Kier molecular flexibility index (Phi) is 47.1. The van der Waals surface area contributed by atoms with Crippen molar-refractivity contribution in [1.29, 1.82) is 0 Å². The molecule has 1 aromatic rings. The third-order valence-corrected chi connectivity index (χ3v) is 17.5. The summed E-state index contributed by atoms with van der Waals surface area (Å²) in [5, 5.41) is 84.2. The van der Waals surface area contributed by atoms with E-state index in [0.717, 1.165) is 6.92 Å². The summed E-state index contributed by atoms with van der Waals surface area (Å²) in [6, 6.07) is -12.4. The summed E-state index contributed by atoms with van der Waals surface area (Å²) >= 11 is 1.23. The number of amides is 16. The zero-order valence-corrected chi connectivity index (χ0v) is 66.0. The Morgan fingerprint density at radius 1 is 0.435 bits per heavy atom. The Morgan fingerprint density at radius 2 is 0.861 bits per heavy atom. The van der Waals surface area contributed by atoms with Crippen molar-refractivity contribution >= 4 is 130 Å². The van der Waals surface area contributed by atoms with Crippen LogP contribution in [0.15, 0.2) is 40.3 Å². The molecule has 115 heavy (non-hydrogen) atoms. The highest BCUT2D eigenvalue weighted by atomic mass is 32.2. The van der Waals surface area contributed by atoms with Crippen molar-refractivity contribution in [2.45, 2.75) is 197 Å². The molecule has 0 saturated carbocycles. The number of rotatable bonds is 55. The van der Waals surface area contributed by atoms with E-state index in [2.05, 4.69) is 89.7 Å². The normalized spacial score (nSPS) is 14.8. The van der Waals surface area contributed by atoms with Crippen LogP contribution in [-0.2, 0) is 92.7 Å². The predicted octanol–water partition coefficient (Wildman–Crippen LogP) is -11.5. The number of benzene rings is 1. The average Bonchev–Trinajstić information content (AvgIpc) is 0.851. The van der Waals surface area contributed by atoms with Crippen molar-refractivity contribution < 1.29 is 112 Å². The first-order valence-corrected chi connectivity index (χ1v) is 37.9. The Balaban J connectivity index is 3.52. The lowest BCUT2D eigenvalue weighted by Gasteiger charge is -2.30. The summed E-state index contributed by atoms with van der Waals surface area (Å²) in [7, 11) is 0. The van der Waals surface area contributed by atoms with Crippen molar-refractivity contribution in [2.75, 3.05) is 57.9 Å². The molecule has 0 aliphatic heterocycles. The minimum atomic E-state index is -2.09.